The molecule has 136 valence electrons. The van der Waals surface area contributed by atoms with Crippen LogP contribution in [0.1, 0.15) is 32.3 Å². The molecular formula is C19H26N2O3S. The maximum absolute atomic E-state index is 12.3. The molecule has 0 bridgehead atoms. The molecule has 1 aromatic heterocycles. The van der Waals surface area contributed by atoms with E-state index in [2.05, 4.69) is 27.9 Å². The molecule has 0 radical (unpaired) electrons. The Morgan fingerprint density at radius 3 is 2.84 bits per heavy atom. The molecule has 0 saturated carbocycles. The molecule has 2 aliphatic rings. The fourth-order valence-electron chi connectivity index (χ4n) is 3.38. The van der Waals surface area contributed by atoms with E-state index in [1.54, 1.807) is 20.0 Å². The highest BCUT2D eigenvalue weighted by Gasteiger charge is 2.34. The van der Waals surface area contributed by atoms with Crippen LogP contribution in [0.2, 0.25) is 0 Å². The van der Waals surface area contributed by atoms with Gasteiger partial charge in [0.2, 0.25) is 10.0 Å². The van der Waals surface area contributed by atoms with Crippen LogP contribution in [-0.2, 0) is 14.8 Å². The minimum absolute atomic E-state index is 0.0656. The predicted molar refractivity (Wildman–Crippen MR) is 99.4 cm³/mol. The summed E-state index contributed by atoms with van der Waals surface area (Å²) in [6, 6.07) is 3.92. The Balaban J connectivity index is 1.70. The molecule has 25 heavy (non-hydrogen) atoms. The summed E-state index contributed by atoms with van der Waals surface area (Å²) in [6.45, 7) is 4.62. The van der Waals surface area contributed by atoms with Gasteiger partial charge in [-0.25, -0.2) is 13.1 Å². The first-order chi connectivity index (χ1) is 12.0. The second kappa shape index (κ2) is 7.81. The molecule has 3 rings (SSSR count). The standard InChI is InChI=1S/C19H26N2O3S/c1-14(2)25(22,23)21-19-9-11-24-13-18(19)16-7-5-15(6-8-16)17-4-3-10-20-12-17/h3-7,10,12,14,16,18-19,21H,8-9,11,13H2,1-2H3/t16?,18-,19+/m1/s1. The molecule has 0 amide bonds. The zero-order valence-corrected chi connectivity index (χ0v) is 15.6. The summed E-state index contributed by atoms with van der Waals surface area (Å²) in [5.74, 6) is 0.436. The highest BCUT2D eigenvalue weighted by Crippen LogP contribution is 2.32. The zero-order chi connectivity index (χ0) is 17.9. The molecule has 6 heteroatoms. The lowest BCUT2D eigenvalue weighted by molar-refractivity contribution is 0.0218. The molecule has 1 N–H and O–H groups in total. The molecular weight excluding hydrogens is 336 g/mol. The van der Waals surface area contributed by atoms with E-state index in [1.807, 2.05) is 18.3 Å². The number of nitrogens with one attached hydrogen (secondary N) is 1. The Morgan fingerprint density at radius 2 is 2.20 bits per heavy atom. The highest BCUT2D eigenvalue weighted by molar-refractivity contribution is 7.90. The van der Waals surface area contributed by atoms with Gasteiger partial charge in [-0.15, -0.1) is 0 Å². The predicted octanol–water partition coefficient (Wildman–Crippen LogP) is 2.77. The molecule has 3 atom stereocenters. The van der Waals surface area contributed by atoms with Crippen LogP contribution in [0.25, 0.3) is 5.57 Å². The molecule has 1 aliphatic heterocycles. The number of hydrogen-bond acceptors (Lipinski definition) is 4. The molecule has 1 fully saturated rings. The number of rotatable bonds is 5. The molecule has 0 aromatic carbocycles. The molecule has 1 aromatic rings. The van der Waals surface area contributed by atoms with Crippen LogP contribution in [0.15, 0.2) is 42.8 Å². The number of allylic oxidation sites excluding steroid dienone is 4. The summed E-state index contributed by atoms with van der Waals surface area (Å²) < 4.78 is 33.1. The van der Waals surface area contributed by atoms with E-state index in [0.717, 1.165) is 18.4 Å². The van der Waals surface area contributed by atoms with Gasteiger partial charge >= 0.3 is 0 Å². The Morgan fingerprint density at radius 1 is 1.36 bits per heavy atom. The summed E-state index contributed by atoms with van der Waals surface area (Å²) >= 11 is 0. The van der Waals surface area contributed by atoms with E-state index < -0.39 is 15.3 Å². The van der Waals surface area contributed by atoms with Gasteiger partial charge in [0, 0.05) is 31.0 Å². The van der Waals surface area contributed by atoms with Gasteiger partial charge in [0.15, 0.2) is 0 Å². The number of nitrogens with zero attached hydrogens (tertiary/aromatic N) is 1. The fraction of sp³-hybridized carbons (Fsp3) is 0.526. The first kappa shape index (κ1) is 18.3. The van der Waals surface area contributed by atoms with Crippen LogP contribution in [0.3, 0.4) is 0 Å². The maximum atomic E-state index is 12.3. The summed E-state index contributed by atoms with van der Waals surface area (Å²) in [7, 11) is -3.28. The molecule has 1 aliphatic carbocycles. The lowest BCUT2D eigenvalue weighted by atomic mass is 9.79. The SMILES string of the molecule is CC(C)S(=O)(=O)N[C@H]1CCOC[C@@H]1C1C=CC(c2cccnc2)=CC1. The van der Waals surface area contributed by atoms with E-state index in [4.69, 9.17) is 4.74 Å². The molecule has 1 saturated heterocycles. The van der Waals surface area contributed by atoms with Gasteiger partial charge in [0.25, 0.3) is 0 Å². The van der Waals surface area contributed by atoms with E-state index in [1.165, 1.54) is 5.57 Å². The highest BCUT2D eigenvalue weighted by atomic mass is 32.2. The lowest BCUT2D eigenvalue weighted by Gasteiger charge is -2.37. The van der Waals surface area contributed by atoms with Gasteiger partial charge in [-0.3, -0.25) is 4.98 Å². The third-order valence-electron chi connectivity index (χ3n) is 5.01. The average molecular weight is 362 g/mol. The summed E-state index contributed by atoms with van der Waals surface area (Å²) in [6.07, 6.45) is 11.8. The molecule has 0 spiro atoms. The van der Waals surface area contributed by atoms with Gasteiger partial charge in [-0.2, -0.15) is 0 Å². The van der Waals surface area contributed by atoms with E-state index in [0.29, 0.717) is 13.2 Å². The van der Waals surface area contributed by atoms with Crippen LogP contribution in [-0.4, -0.2) is 37.9 Å². The fourth-order valence-corrected chi connectivity index (χ4v) is 4.36. The zero-order valence-electron chi connectivity index (χ0n) is 14.8. The van der Waals surface area contributed by atoms with Crippen molar-refractivity contribution >= 4 is 15.6 Å². The van der Waals surface area contributed by atoms with Crippen molar-refractivity contribution in [2.75, 3.05) is 13.2 Å². The van der Waals surface area contributed by atoms with Crippen LogP contribution < -0.4 is 4.72 Å². The average Bonchev–Trinajstić information content (AvgIpc) is 2.63. The maximum Gasteiger partial charge on any atom is 0.214 e. The van der Waals surface area contributed by atoms with Crippen LogP contribution in [0.4, 0.5) is 0 Å². The Hall–Kier alpha value is -1.50. The second-order valence-electron chi connectivity index (χ2n) is 7.01. The second-order valence-corrected chi connectivity index (χ2v) is 9.27. The largest absolute Gasteiger partial charge is 0.381 e. The first-order valence-corrected chi connectivity index (χ1v) is 10.4. The van der Waals surface area contributed by atoms with Gasteiger partial charge in [0.1, 0.15) is 0 Å². The number of pyridine rings is 1. The Kier molecular flexibility index (Phi) is 5.71. The quantitative estimate of drug-likeness (QED) is 0.874. The van der Waals surface area contributed by atoms with E-state index >= 15 is 0 Å². The minimum Gasteiger partial charge on any atom is -0.381 e. The van der Waals surface area contributed by atoms with Gasteiger partial charge in [-0.05, 0) is 49.8 Å². The van der Waals surface area contributed by atoms with Gasteiger partial charge in [0.05, 0.1) is 11.9 Å². The van der Waals surface area contributed by atoms with Crippen molar-refractivity contribution in [3.8, 4) is 0 Å². The Bertz CT molecular complexity index is 741. The summed E-state index contributed by atoms with van der Waals surface area (Å²) in [5, 5.41) is -0.421. The smallest absolute Gasteiger partial charge is 0.214 e. The van der Waals surface area contributed by atoms with Crippen LogP contribution in [0.5, 0.6) is 0 Å². The normalized spacial score (nSPS) is 27.3. The number of aromatic nitrogens is 1. The molecule has 1 unspecified atom stereocenters. The van der Waals surface area contributed by atoms with E-state index in [9.17, 15) is 8.42 Å². The third kappa shape index (κ3) is 4.37. The minimum atomic E-state index is -3.28. The number of ether oxygens (including phenoxy) is 1. The molecule has 2 heterocycles. The van der Waals surface area contributed by atoms with Crippen molar-refractivity contribution in [2.45, 2.75) is 38.0 Å². The summed E-state index contributed by atoms with van der Waals surface area (Å²) in [5.41, 5.74) is 2.27. The van der Waals surface area contributed by atoms with Gasteiger partial charge in [-0.1, -0.05) is 24.3 Å². The number of hydrogen-bond donors (Lipinski definition) is 1. The van der Waals surface area contributed by atoms with Crippen LogP contribution in [0, 0.1) is 11.8 Å². The summed E-state index contributed by atoms with van der Waals surface area (Å²) in [4.78, 5) is 4.17. The van der Waals surface area contributed by atoms with Crippen molar-refractivity contribution in [2.24, 2.45) is 11.8 Å². The van der Waals surface area contributed by atoms with Crippen LogP contribution >= 0.6 is 0 Å². The third-order valence-corrected chi connectivity index (χ3v) is 6.89. The Labute approximate surface area is 150 Å². The molecule has 5 nitrogen and oxygen atoms in total. The number of sulfonamides is 1. The van der Waals surface area contributed by atoms with Gasteiger partial charge < -0.3 is 4.74 Å². The van der Waals surface area contributed by atoms with Crippen molar-refractivity contribution in [1.82, 2.24) is 9.71 Å². The van der Waals surface area contributed by atoms with Crippen molar-refractivity contribution in [3.05, 3.63) is 48.3 Å². The van der Waals surface area contributed by atoms with E-state index in [-0.39, 0.29) is 17.9 Å². The lowest BCUT2D eigenvalue weighted by Crippen LogP contribution is -2.49. The topological polar surface area (TPSA) is 68.3 Å². The van der Waals surface area contributed by atoms with Crippen molar-refractivity contribution < 1.29 is 13.2 Å². The first-order valence-electron chi connectivity index (χ1n) is 8.85. The monoisotopic (exact) mass is 362 g/mol. The van der Waals surface area contributed by atoms with Crippen molar-refractivity contribution in [1.29, 1.82) is 0 Å². The van der Waals surface area contributed by atoms with Crippen molar-refractivity contribution in [3.63, 3.8) is 0 Å².